The summed E-state index contributed by atoms with van der Waals surface area (Å²) in [6.45, 7) is 6.56. The highest BCUT2D eigenvalue weighted by Crippen LogP contribution is 2.23. The highest BCUT2D eigenvalue weighted by Gasteiger charge is 2.29. The van der Waals surface area contributed by atoms with Crippen molar-refractivity contribution >= 4 is 27.7 Å². The molecule has 32 heavy (non-hydrogen) atoms. The fourth-order valence-electron chi connectivity index (χ4n) is 3.16. The van der Waals surface area contributed by atoms with E-state index in [4.69, 9.17) is 4.74 Å². The van der Waals surface area contributed by atoms with E-state index in [1.54, 1.807) is 37.8 Å². The molecule has 1 aliphatic rings. The van der Waals surface area contributed by atoms with Crippen LogP contribution >= 0.6 is 0 Å². The molecule has 0 atom stereocenters. The van der Waals surface area contributed by atoms with Crippen molar-refractivity contribution in [3.8, 4) is 0 Å². The van der Waals surface area contributed by atoms with Gasteiger partial charge in [-0.3, -0.25) is 9.52 Å². The fourth-order valence-corrected chi connectivity index (χ4v) is 4.24. The molecule has 2 amide bonds. The quantitative estimate of drug-likeness (QED) is 0.751. The third-order valence-corrected chi connectivity index (χ3v) is 6.13. The number of hydrogen-bond acceptors (Lipinski definition) is 5. The molecule has 2 aromatic carbocycles. The van der Waals surface area contributed by atoms with Gasteiger partial charge < -0.3 is 14.5 Å². The van der Waals surface area contributed by atoms with Gasteiger partial charge in [-0.25, -0.2) is 17.6 Å². The van der Waals surface area contributed by atoms with E-state index in [-0.39, 0.29) is 35.1 Å². The monoisotopic (exact) mass is 463 g/mol. The summed E-state index contributed by atoms with van der Waals surface area (Å²) >= 11 is 0. The van der Waals surface area contributed by atoms with E-state index in [9.17, 15) is 22.4 Å². The molecule has 3 rings (SSSR count). The Hall–Kier alpha value is -3.14. The van der Waals surface area contributed by atoms with Gasteiger partial charge in [0.1, 0.15) is 11.4 Å². The Morgan fingerprint density at radius 1 is 0.938 bits per heavy atom. The molecule has 0 saturated carbocycles. The number of carbonyl (C=O) groups is 2. The number of ether oxygens (including phenoxy) is 1. The zero-order valence-corrected chi connectivity index (χ0v) is 19.0. The minimum atomic E-state index is -4.01. The van der Waals surface area contributed by atoms with Crippen molar-refractivity contribution in [1.29, 1.82) is 0 Å². The Morgan fingerprint density at radius 3 is 2.09 bits per heavy atom. The summed E-state index contributed by atoms with van der Waals surface area (Å²) in [5.74, 6) is -0.906. The van der Waals surface area contributed by atoms with Crippen molar-refractivity contribution in [3.05, 3.63) is 59.9 Å². The van der Waals surface area contributed by atoms with Gasteiger partial charge >= 0.3 is 6.09 Å². The van der Waals surface area contributed by atoms with Crippen molar-refractivity contribution in [1.82, 2.24) is 9.80 Å². The molecule has 10 heteroatoms. The van der Waals surface area contributed by atoms with Gasteiger partial charge in [-0.2, -0.15) is 0 Å². The third kappa shape index (κ3) is 5.76. The second-order valence-corrected chi connectivity index (χ2v) is 10.0. The lowest BCUT2D eigenvalue weighted by molar-refractivity contribution is 0.0141. The average molecular weight is 464 g/mol. The maximum absolute atomic E-state index is 13.1. The lowest BCUT2D eigenvalue weighted by Crippen LogP contribution is -2.51. The molecule has 1 fully saturated rings. The molecule has 1 aliphatic heterocycles. The standard InChI is InChI=1S/C22H26FN3O5S/c1-22(2,3)31-21(28)26-14-12-25(13-15-26)20(27)18-6-4-5-7-19(18)24-32(29,30)17-10-8-16(23)9-11-17/h4-11,24H,12-15H2,1-3H3. The summed E-state index contributed by atoms with van der Waals surface area (Å²) in [4.78, 5) is 28.3. The molecule has 0 aromatic heterocycles. The topological polar surface area (TPSA) is 96.0 Å². The summed E-state index contributed by atoms with van der Waals surface area (Å²) in [5.41, 5.74) is -0.301. The highest BCUT2D eigenvalue weighted by molar-refractivity contribution is 7.92. The predicted octanol–water partition coefficient (Wildman–Crippen LogP) is 3.32. The van der Waals surface area contributed by atoms with E-state index in [1.807, 2.05) is 0 Å². The summed E-state index contributed by atoms with van der Waals surface area (Å²) in [6.07, 6.45) is -0.433. The number of carbonyl (C=O) groups excluding carboxylic acids is 2. The molecule has 0 unspecified atom stereocenters. The van der Waals surface area contributed by atoms with Gasteiger partial charge in [0, 0.05) is 26.2 Å². The van der Waals surface area contributed by atoms with Crippen LogP contribution in [0.3, 0.4) is 0 Å². The number of nitrogens with one attached hydrogen (secondary N) is 1. The van der Waals surface area contributed by atoms with Gasteiger partial charge in [-0.1, -0.05) is 12.1 Å². The van der Waals surface area contributed by atoms with Gasteiger partial charge in [0.25, 0.3) is 15.9 Å². The first-order chi connectivity index (χ1) is 15.0. The molecule has 0 radical (unpaired) electrons. The highest BCUT2D eigenvalue weighted by atomic mass is 32.2. The number of nitrogens with zero attached hydrogens (tertiary/aromatic N) is 2. The molecule has 0 spiro atoms. The Labute approximate surface area is 187 Å². The lowest BCUT2D eigenvalue weighted by atomic mass is 10.1. The van der Waals surface area contributed by atoms with Crippen molar-refractivity contribution in [2.45, 2.75) is 31.3 Å². The summed E-state index contributed by atoms with van der Waals surface area (Å²) in [6, 6.07) is 10.7. The van der Waals surface area contributed by atoms with Crippen LogP contribution in [0.4, 0.5) is 14.9 Å². The second-order valence-electron chi connectivity index (χ2n) is 8.36. The van der Waals surface area contributed by atoms with Crippen LogP contribution in [0.15, 0.2) is 53.4 Å². The Morgan fingerprint density at radius 2 is 1.50 bits per heavy atom. The van der Waals surface area contributed by atoms with Crippen LogP contribution in [0, 0.1) is 5.82 Å². The minimum absolute atomic E-state index is 0.118. The first-order valence-corrected chi connectivity index (χ1v) is 11.6. The lowest BCUT2D eigenvalue weighted by Gasteiger charge is -2.35. The van der Waals surface area contributed by atoms with Crippen molar-refractivity contribution in [2.24, 2.45) is 0 Å². The van der Waals surface area contributed by atoms with E-state index in [2.05, 4.69) is 4.72 Å². The number of halogens is 1. The zero-order valence-electron chi connectivity index (χ0n) is 18.2. The first-order valence-electron chi connectivity index (χ1n) is 10.1. The molecule has 8 nitrogen and oxygen atoms in total. The molecular formula is C22H26FN3O5S. The van der Waals surface area contributed by atoms with Crippen molar-refractivity contribution < 1.29 is 27.1 Å². The summed E-state index contributed by atoms with van der Waals surface area (Å²) in [7, 11) is -4.01. The number of rotatable bonds is 4. The van der Waals surface area contributed by atoms with E-state index in [0.29, 0.717) is 13.1 Å². The van der Waals surface area contributed by atoms with Crippen molar-refractivity contribution in [2.75, 3.05) is 30.9 Å². The van der Waals surface area contributed by atoms with Crippen LogP contribution in [0.1, 0.15) is 31.1 Å². The fraction of sp³-hybridized carbons (Fsp3) is 0.364. The number of piperazine rings is 1. The largest absolute Gasteiger partial charge is 0.444 e. The van der Waals surface area contributed by atoms with Gasteiger partial charge in [-0.05, 0) is 57.2 Å². The average Bonchev–Trinajstić information content (AvgIpc) is 2.72. The van der Waals surface area contributed by atoms with E-state index in [1.165, 1.54) is 17.0 Å². The number of benzene rings is 2. The molecule has 1 saturated heterocycles. The van der Waals surface area contributed by atoms with E-state index in [0.717, 1.165) is 24.3 Å². The van der Waals surface area contributed by atoms with Crippen molar-refractivity contribution in [3.63, 3.8) is 0 Å². The Kier molecular flexibility index (Phi) is 6.73. The van der Waals surface area contributed by atoms with Crippen LogP contribution in [0.5, 0.6) is 0 Å². The van der Waals surface area contributed by atoms with Gasteiger partial charge in [0.05, 0.1) is 16.1 Å². The number of anilines is 1. The SMILES string of the molecule is CC(C)(C)OC(=O)N1CCN(C(=O)c2ccccc2NS(=O)(=O)c2ccc(F)cc2)CC1. The first kappa shape index (κ1) is 23.5. The number of amides is 2. The smallest absolute Gasteiger partial charge is 0.410 e. The molecule has 0 aliphatic carbocycles. The van der Waals surface area contributed by atoms with Crippen LogP contribution < -0.4 is 4.72 Å². The molecule has 172 valence electrons. The predicted molar refractivity (Wildman–Crippen MR) is 117 cm³/mol. The van der Waals surface area contributed by atoms with Gasteiger partial charge in [0.2, 0.25) is 0 Å². The van der Waals surface area contributed by atoms with Crippen LogP contribution in [-0.2, 0) is 14.8 Å². The maximum Gasteiger partial charge on any atom is 0.410 e. The summed E-state index contributed by atoms with van der Waals surface area (Å²) < 4.78 is 46.3. The summed E-state index contributed by atoms with van der Waals surface area (Å²) in [5, 5.41) is 0. The maximum atomic E-state index is 13.1. The van der Waals surface area contributed by atoms with Crippen LogP contribution in [0.25, 0.3) is 0 Å². The molecule has 1 N–H and O–H groups in total. The van der Waals surface area contributed by atoms with E-state index < -0.39 is 27.5 Å². The molecule has 0 bridgehead atoms. The van der Waals surface area contributed by atoms with Gasteiger partial charge in [0.15, 0.2) is 0 Å². The minimum Gasteiger partial charge on any atom is -0.444 e. The zero-order chi connectivity index (χ0) is 23.5. The molecule has 2 aromatic rings. The van der Waals surface area contributed by atoms with Crippen LogP contribution in [0.2, 0.25) is 0 Å². The number of para-hydroxylation sites is 1. The Bertz CT molecular complexity index is 1090. The number of hydrogen-bond donors (Lipinski definition) is 1. The molecular weight excluding hydrogens is 437 g/mol. The third-order valence-electron chi connectivity index (χ3n) is 4.74. The normalized spacial score (nSPS) is 14.8. The van der Waals surface area contributed by atoms with E-state index >= 15 is 0 Å². The number of sulfonamides is 1. The van der Waals surface area contributed by atoms with Gasteiger partial charge in [-0.15, -0.1) is 0 Å². The second kappa shape index (κ2) is 9.15. The molecule has 1 heterocycles. The van der Waals surface area contributed by atoms with Crippen LogP contribution in [-0.4, -0.2) is 62.0 Å². The Balaban J connectivity index is 1.71.